The molecule has 1 saturated heterocycles. The molecule has 1 unspecified atom stereocenters. The number of halogens is 3. The minimum absolute atomic E-state index is 0.243. The lowest BCUT2D eigenvalue weighted by molar-refractivity contribution is -0.274. The molecule has 11 heteroatoms. The second kappa shape index (κ2) is 9.96. The molecule has 0 saturated carbocycles. The fourth-order valence-corrected chi connectivity index (χ4v) is 5.09. The SMILES string of the molecule is O=C(CN1C(=O)C(C(=O)N2CCCCC2)Sc2ccccc21)Nc1ccc(OC(F)(F)F)cc1. The standard InChI is InChI=1S/C23H22F3N3O4S/c24-23(25,26)33-16-10-8-15(9-11-16)27-19(30)14-29-17-6-2-3-7-18(17)34-20(22(29)32)21(31)28-12-4-1-5-13-28/h2-3,6-11,20H,1,4-5,12-14H2,(H,27,30). The summed E-state index contributed by atoms with van der Waals surface area (Å²) in [7, 11) is 0. The number of ether oxygens (including phenoxy) is 1. The van der Waals surface area contributed by atoms with Crippen LogP contribution in [0.4, 0.5) is 24.5 Å². The highest BCUT2D eigenvalue weighted by atomic mass is 32.2. The molecule has 0 aromatic heterocycles. The number of thioether (sulfide) groups is 1. The van der Waals surface area contributed by atoms with Crippen LogP contribution in [0.3, 0.4) is 0 Å². The van der Waals surface area contributed by atoms with Gasteiger partial charge in [-0.15, -0.1) is 24.9 Å². The van der Waals surface area contributed by atoms with E-state index in [1.54, 1.807) is 29.2 Å². The van der Waals surface area contributed by atoms with Gasteiger partial charge in [0.25, 0.3) is 5.91 Å². The summed E-state index contributed by atoms with van der Waals surface area (Å²) in [6.45, 7) is 0.875. The van der Waals surface area contributed by atoms with E-state index in [0.717, 1.165) is 36.3 Å². The first-order chi connectivity index (χ1) is 16.2. The average molecular weight is 494 g/mol. The molecule has 180 valence electrons. The monoisotopic (exact) mass is 493 g/mol. The highest BCUT2D eigenvalue weighted by Gasteiger charge is 2.41. The van der Waals surface area contributed by atoms with Gasteiger partial charge >= 0.3 is 6.36 Å². The third kappa shape index (κ3) is 5.64. The zero-order valence-electron chi connectivity index (χ0n) is 18.0. The van der Waals surface area contributed by atoms with Crippen LogP contribution < -0.4 is 15.0 Å². The molecule has 2 aromatic carbocycles. The fourth-order valence-electron chi connectivity index (χ4n) is 3.90. The molecule has 7 nitrogen and oxygen atoms in total. The van der Waals surface area contributed by atoms with E-state index in [-0.39, 0.29) is 18.1 Å². The number of nitrogens with zero attached hydrogens (tertiary/aromatic N) is 2. The Labute approximate surface area is 198 Å². The Morgan fingerprint density at radius 2 is 1.71 bits per heavy atom. The van der Waals surface area contributed by atoms with Crippen LogP contribution in [-0.4, -0.2) is 53.9 Å². The number of likely N-dealkylation sites (tertiary alicyclic amines) is 1. The van der Waals surface area contributed by atoms with Gasteiger partial charge in [-0.25, -0.2) is 0 Å². The lowest BCUT2D eigenvalue weighted by Gasteiger charge is -2.36. The molecule has 1 fully saturated rings. The van der Waals surface area contributed by atoms with Crippen molar-refractivity contribution >= 4 is 40.9 Å². The predicted octanol–water partition coefficient (Wildman–Crippen LogP) is 4.04. The molecule has 0 aliphatic carbocycles. The van der Waals surface area contributed by atoms with Crippen molar-refractivity contribution in [3.05, 3.63) is 48.5 Å². The normalized spacial score (nSPS) is 18.3. The van der Waals surface area contributed by atoms with Gasteiger partial charge in [-0.05, 0) is 55.7 Å². The van der Waals surface area contributed by atoms with Gasteiger partial charge < -0.3 is 19.9 Å². The lowest BCUT2D eigenvalue weighted by Crippen LogP contribution is -2.52. The number of hydrogen-bond acceptors (Lipinski definition) is 5. The third-order valence-corrected chi connectivity index (χ3v) is 6.69. The van der Waals surface area contributed by atoms with Crippen LogP contribution in [0.15, 0.2) is 53.4 Å². The molecule has 1 N–H and O–H groups in total. The van der Waals surface area contributed by atoms with Crippen LogP contribution in [0.5, 0.6) is 5.75 Å². The zero-order valence-corrected chi connectivity index (χ0v) is 18.8. The van der Waals surface area contributed by atoms with Gasteiger partial charge in [0.15, 0.2) is 5.25 Å². The molecule has 0 radical (unpaired) electrons. The van der Waals surface area contributed by atoms with Crippen molar-refractivity contribution in [2.24, 2.45) is 0 Å². The molecule has 3 amide bonds. The van der Waals surface area contributed by atoms with Gasteiger partial charge in [0.05, 0.1) is 5.69 Å². The Bertz CT molecular complexity index is 1070. The van der Waals surface area contributed by atoms with E-state index >= 15 is 0 Å². The highest BCUT2D eigenvalue weighted by Crippen LogP contribution is 2.40. The van der Waals surface area contributed by atoms with Crippen LogP contribution in [0.2, 0.25) is 0 Å². The first kappa shape index (κ1) is 23.9. The van der Waals surface area contributed by atoms with E-state index in [4.69, 9.17) is 0 Å². The van der Waals surface area contributed by atoms with Crippen LogP contribution in [0.25, 0.3) is 0 Å². The number of alkyl halides is 3. The average Bonchev–Trinajstić information content (AvgIpc) is 2.81. The smallest absolute Gasteiger partial charge is 0.406 e. The van der Waals surface area contributed by atoms with E-state index in [2.05, 4.69) is 10.1 Å². The number of anilines is 2. The fraction of sp³-hybridized carbons (Fsp3) is 0.348. The molecule has 0 bridgehead atoms. The molecule has 2 aromatic rings. The molecule has 2 aliphatic heterocycles. The zero-order chi connectivity index (χ0) is 24.3. The molecule has 0 spiro atoms. The third-order valence-electron chi connectivity index (χ3n) is 5.46. The van der Waals surface area contributed by atoms with E-state index in [9.17, 15) is 27.6 Å². The van der Waals surface area contributed by atoms with E-state index in [0.29, 0.717) is 18.8 Å². The second-order valence-electron chi connectivity index (χ2n) is 7.90. The van der Waals surface area contributed by atoms with Crippen molar-refractivity contribution in [1.82, 2.24) is 4.90 Å². The molecule has 34 heavy (non-hydrogen) atoms. The van der Waals surface area contributed by atoms with E-state index < -0.39 is 29.2 Å². The number of carbonyl (C=O) groups excluding carboxylic acids is 3. The Kier molecular flexibility index (Phi) is 7.01. The van der Waals surface area contributed by atoms with Crippen LogP contribution in [0.1, 0.15) is 19.3 Å². The summed E-state index contributed by atoms with van der Waals surface area (Å²) in [5, 5.41) is 1.59. The maximum absolute atomic E-state index is 13.3. The van der Waals surface area contributed by atoms with Crippen molar-refractivity contribution in [3.8, 4) is 5.75 Å². The number of para-hydroxylation sites is 1. The number of benzene rings is 2. The number of fused-ring (bicyclic) bond motifs is 1. The molecular formula is C23H22F3N3O4S. The summed E-state index contributed by atoms with van der Waals surface area (Å²) in [5.41, 5.74) is 0.775. The van der Waals surface area contributed by atoms with E-state index in [1.165, 1.54) is 28.8 Å². The molecule has 2 heterocycles. The summed E-state index contributed by atoms with van der Waals surface area (Å²) in [6, 6.07) is 11.7. The largest absolute Gasteiger partial charge is 0.573 e. The summed E-state index contributed by atoms with van der Waals surface area (Å²) < 4.78 is 40.8. The molecule has 4 rings (SSSR count). The van der Waals surface area contributed by atoms with Gasteiger partial charge in [0, 0.05) is 23.7 Å². The number of nitrogens with one attached hydrogen (secondary N) is 1. The maximum Gasteiger partial charge on any atom is 0.573 e. The van der Waals surface area contributed by atoms with Crippen molar-refractivity contribution in [2.75, 3.05) is 29.9 Å². The topological polar surface area (TPSA) is 79.0 Å². The van der Waals surface area contributed by atoms with Crippen molar-refractivity contribution in [2.45, 2.75) is 35.8 Å². The highest BCUT2D eigenvalue weighted by molar-refractivity contribution is 8.01. The van der Waals surface area contributed by atoms with Crippen LogP contribution >= 0.6 is 11.8 Å². The summed E-state index contributed by atoms with van der Waals surface area (Å²) in [6.07, 6.45) is -1.97. The summed E-state index contributed by atoms with van der Waals surface area (Å²) >= 11 is 1.19. The van der Waals surface area contributed by atoms with Crippen LogP contribution in [-0.2, 0) is 14.4 Å². The minimum Gasteiger partial charge on any atom is -0.406 e. The van der Waals surface area contributed by atoms with Gasteiger partial charge in [0.1, 0.15) is 12.3 Å². The number of carbonyl (C=O) groups is 3. The van der Waals surface area contributed by atoms with Crippen molar-refractivity contribution in [1.29, 1.82) is 0 Å². The predicted molar refractivity (Wildman–Crippen MR) is 121 cm³/mol. The Hall–Kier alpha value is -3.21. The van der Waals surface area contributed by atoms with Gasteiger partial charge in [-0.1, -0.05) is 12.1 Å². The van der Waals surface area contributed by atoms with Crippen molar-refractivity contribution in [3.63, 3.8) is 0 Å². The van der Waals surface area contributed by atoms with Crippen molar-refractivity contribution < 1.29 is 32.3 Å². The minimum atomic E-state index is -4.81. The molecule has 1 atom stereocenters. The number of piperidine rings is 1. The first-order valence-electron chi connectivity index (χ1n) is 10.7. The maximum atomic E-state index is 13.3. The number of amides is 3. The Morgan fingerprint density at radius 3 is 2.38 bits per heavy atom. The summed E-state index contributed by atoms with van der Waals surface area (Å²) in [4.78, 5) is 42.8. The molecular weight excluding hydrogens is 471 g/mol. The Morgan fingerprint density at radius 1 is 1.03 bits per heavy atom. The first-order valence-corrected chi connectivity index (χ1v) is 11.6. The molecule has 2 aliphatic rings. The van der Waals surface area contributed by atoms with Crippen LogP contribution in [0, 0.1) is 0 Å². The Balaban J connectivity index is 1.47. The van der Waals surface area contributed by atoms with Gasteiger partial charge in [0.2, 0.25) is 11.8 Å². The van der Waals surface area contributed by atoms with Gasteiger partial charge in [-0.2, -0.15) is 0 Å². The number of hydrogen-bond donors (Lipinski definition) is 1. The van der Waals surface area contributed by atoms with E-state index in [1.807, 2.05) is 0 Å². The quantitative estimate of drug-likeness (QED) is 0.636. The number of rotatable bonds is 5. The summed E-state index contributed by atoms with van der Waals surface area (Å²) in [5.74, 6) is -1.69. The lowest BCUT2D eigenvalue weighted by atomic mass is 10.1. The van der Waals surface area contributed by atoms with Gasteiger partial charge in [-0.3, -0.25) is 14.4 Å². The second-order valence-corrected chi connectivity index (χ2v) is 9.04.